The van der Waals surface area contributed by atoms with Crippen LogP contribution in [0.4, 0.5) is 10.1 Å². The summed E-state index contributed by atoms with van der Waals surface area (Å²) < 4.78 is 41.7. The van der Waals surface area contributed by atoms with E-state index in [1.54, 1.807) is 30.3 Å². The van der Waals surface area contributed by atoms with Crippen molar-refractivity contribution < 1.29 is 22.4 Å². The number of nitrogens with one attached hydrogen (secondary N) is 1. The molecule has 40 heavy (non-hydrogen) atoms. The number of nitrogens with zero attached hydrogens (tertiary/aromatic N) is 2. The molecule has 0 heterocycles. The minimum atomic E-state index is -3.87. The van der Waals surface area contributed by atoms with Crippen molar-refractivity contribution in [2.45, 2.75) is 52.6 Å². The minimum absolute atomic E-state index is 0.182. The number of anilines is 1. The van der Waals surface area contributed by atoms with E-state index < -0.39 is 34.3 Å². The fraction of sp³-hybridized carbons (Fsp3) is 0.355. The zero-order valence-electron chi connectivity index (χ0n) is 23.6. The predicted molar refractivity (Wildman–Crippen MR) is 157 cm³/mol. The summed E-state index contributed by atoms with van der Waals surface area (Å²) >= 11 is 0. The predicted octanol–water partition coefficient (Wildman–Crippen LogP) is 4.76. The molecule has 7 nitrogen and oxygen atoms in total. The van der Waals surface area contributed by atoms with Crippen molar-refractivity contribution in [3.8, 4) is 0 Å². The smallest absolute Gasteiger partial charge is 0.244 e. The van der Waals surface area contributed by atoms with Gasteiger partial charge in [0.15, 0.2) is 0 Å². The van der Waals surface area contributed by atoms with E-state index in [2.05, 4.69) is 5.32 Å². The molecule has 0 aliphatic rings. The Morgan fingerprint density at radius 2 is 1.57 bits per heavy atom. The normalized spacial score (nSPS) is 12.0. The highest BCUT2D eigenvalue weighted by atomic mass is 32.2. The second kappa shape index (κ2) is 14.1. The maximum atomic E-state index is 14.8. The number of sulfonamides is 1. The van der Waals surface area contributed by atoms with Crippen LogP contribution in [0.15, 0.2) is 72.8 Å². The number of aryl methyl sites for hydroxylation is 2. The number of benzene rings is 3. The van der Waals surface area contributed by atoms with Crippen molar-refractivity contribution in [3.63, 3.8) is 0 Å². The van der Waals surface area contributed by atoms with E-state index in [-0.39, 0.29) is 24.4 Å². The molecule has 0 spiro atoms. The SMILES string of the molecule is CCCCNC(=O)[C@@H](Cc1ccccc1)N(Cc1ccccc1F)C(=O)CN(c1cc(C)cc(C)c1)S(C)(=O)=O. The van der Waals surface area contributed by atoms with Crippen LogP contribution in [0.1, 0.15) is 42.0 Å². The van der Waals surface area contributed by atoms with Gasteiger partial charge in [0.1, 0.15) is 18.4 Å². The molecule has 0 radical (unpaired) electrons. The monoisotopic (exact) mass is 567 g/mol. The second-order valence-corrected chi connectivity index (χ2v) is 12.0. The third-order valence-corrected chi connectivity index (χ3v) is 7.71. The van der Waals surface area contributed by atoms with Crippen LogP contribution in [0.2, 0.25) is 0 Å². The molecule has 0 saturated heterocycles. The zero-order chi connectivity index (χ0) is 29.3. The molecule has 0 saturated carbocycles. The lowest BCUT2D eigenvalue weighted by Gasteiger charge is -2.33. The van der Waals surface area contributed by atoms with Crippen LogP contribution in [0.25, 0.3) is 0 Å². The van der Waals surface area contributed by atoms with Gasteiger partial charge >= 0.3 is 0 Å². The van der Waals surface area contributed by atoms with E-state index in [4.69, 9.17) is 0 Å². The van der Waals surface area contributed by atoms with Crippen molar-refractivity contribution >= 4 is 27.5 Å². The molecule has 1 atom stereocenters. The molecular formula is C31H38FN3O4S. The lowest BCUT2D eigenvalue weighted by molar-refractivity contribution is -0.140. The van der Waals surface area contributed by atoms with Crippen molar-refractivity contribution in [3.05, 3.63) is 101 Å². The number of unbranched alkanes of at least 4 members (excludes halogenated alkanes) is 1. The largest absolute Gasteiger partial charge is 0.354 e. The number of carbonyl (C=O) groups is 2. The van der Waals surface area contributed by atoms with Crippen LogP contribution in [-0.4, -0.2) is 50.5 Å². The first kappa shape index (κ1) is 30.8. The number of halogens is 1. The van der Waals surface area contributed by atoms with Crippen LogP contribution in [-0.2, 0) is 32.6 Å². The van der Waals surface area contributed by atoms with Crippen LogP contribution in [0.5, 0.6) is 0 Å². The number of hydrogen-bond acceptors (Lipinski definition) is 4. The van der Waals surface area contributed by atoms with Crippen LogP contribution >= 0.6 is 0 Å². The third-order valence-electron chi connectivity index (χ3n) is 6.57. The maximum absolute atomic E-state index is 14.8. The summed E-state index contributed by atoms with van der Waals surface area (Å²) in [6.45, 7) is 5.40. The Bertz CT molecular complexity index is 1390. The van der Waals surface area contributed by atoms with Crippen molar-refractivity contribution in [2.24, 2.45) is 0 Å². The summed E-state index contributed by atoms with van der Waals surface area (Å²) in [5, 5.41) is 2.91. The van der Waals surface area contributed by atoms with Crippen molar-refractivity contribution in [2.75, 3.05) is 23.7 Å². The van der Waals surface area contributed by atoms with E-state index in [1.807, 2.05) is 57.2 Å². The number of rotatable bonds is 13. The topological polar surface area (TPSA) is 86.8 Å². The molecule has 2 amide bonds. The molecule has 3 rings (SSSR count). The molecule has 0 fully saturated rings. The highest BCUT2D eigenvalue weighted by molar-refractivity contribution is 7.92. The standard InChI is InChI=1S/C31H38FN3O4S/c1-5-6-16-33-31(37)29(20-25-12-8-7-9-13-25)34(21-26-14-10-11-15-28(26)32)30(36)22-35(40(4,38)39)27-18-23(2)17-24(3)19-27/h7-15,17-19,29H,5-6,16,20-22H2,1-4H3,(H,33,37)/t29-/m1/s1. The van der Waals surface area contributed by atoms with Gasteiger partial charge < -0.3 is 10.2 Å². The molecular weight excluding hydrogens is 529 g/mol. The first-order chi connectivity index (χ1) is 19.0. The molecule has 9 heteroatoms. The van der Waals surface area contributed by atoms with Gasteiger partial charge in [-0.3, -0.25) is 13.9 Å². The number of carbonyl (C=O) groups excluding carboxylic acids is 2. The lowest BCUT2D eigenvalue weighted by Crippen LogP contribution is -2.53. The van der Waals surface area contributed by atoms with Gasteiger partial charge in [0.25, 0.3) is 0 Å². The van der Waals surface area contributed by atoms with Gasteiger partial charge in [0.05, 0.1) is 11.9 Å². The van der Waals surface area contributed by atoms with E-state index in [9.17, 15) is 22.4 Å². The van der Waals surface area contributed by atoms with Gasteiger partial charge in [0, 0.05) is 25.1 Å². The van der Waals surface area contributed by atoms with Crippen LogP contribution < -0.4 is 9.62 Å². The molecule has 0 unspecified atom stereocenters. The summed E-state index contributed by atoms with van der Waals surface area (Å²) in [5.74, 6) is -1.50. The average molecular weight is 568 g/mol. The summed E-state index contributed by atoms with van der Waals surface area (Å²) in [7, 11) is -3.87. The summed E-state index contributed by atoms with van der Waals surface area (Å²) in [4.78, 5) is 28.9. The molecule has 214 valence electrons. The van der Waals surface area contributed by atoms with Gasteiger partial charge in [-0.1, -0.05) is 67.9 Å². The number of amides is 2. The fourth-order valence-electron chi connectivity index (χ4n) is 4.58. The highest BCUT2D eigenvalue weighted by Gasteiger charge is 2.33. The van der Waals surface area contributed by atoms with E-state index in [1.165, 1.54) is 11.0 Å². The molecule has 0 aromatic heterocycles. The Kier molecular flexibility index (Phi) is 10.8. The molecule has 0 bridgehead atoms. The van der Waals surface area contributed by atoms with Gasteiger partial charge in [-0.05, 0) is 55.2 Å². The van der Waals surface area contributed by atoms with Crippen LogP contribution in [0, 0.1) is 19.7 Å². The molecule has 0 aliphatic heterocycles. The molecule has 3 aromatic rings. The Hall–Kier alpha value is -3.72. The average Bonchev–Trinajstić information content (AvgIpc) is 2.89. The molecule has 1 N–H and O–H groups in total. The summed E-state index contributed by atoms with van der Waals surface area (Å²) in [6.07, 6.45) is 2.86. The summed E-state index contributed by atoms with van der Waals surface area (Å²) in [6, 6.07) is 19.6. The fourth-order valence-corrected chi connectivity index (χ4v) is 5.41. The van der Waals surface area contributed by atoms with Gasteiger partial charge in [-0.25, -0.2) is 12.8 Å². The van der Waals surface area contributed by atoms with Crippen molar-refractivity contribution in [1.82, 2.24) is 10.2 Å². The van der Waals surface area contributed by atoms with Gasteiger partial charge in [0.2, 0.25) is 21.8 Å². The maximum Gasteiger partial charge on any atom is 0.244 e. The van der Waals surface area contributed by atoms with E-state index in [0.29, 0.717) is 12.2 Å². The Morgan fingerprint density at radius 1 is 0.950 bits per heavy atom. The summed E-state index contributed by atoms with van der Waals surface area (Å²) in [5.41, 5.74) is 3.09. The quantitative estimate of drug-likeness (QED) is 0.302. The van der Waals surface area contributed by atoms with E-state index >= 15 is 0 Å². The molecule has 3 aromatic carbocycles. The Balaban J connectivity index is 2.06. The van der Waals surface area contributed by atoms with Gasteiger partial charge in [-0.15, -0.1) is 0 Å². The highest BCUT2D eigenvalue weighted by Crippen LogP contribution is 2.23. The minimum Gasteiger partial charge on any atom is -0.354 e. The first-order valence-corrected chi connectivity index (χ1v) is 15.2. The molecule has 0 aliphatic carbocycles. The Morgan fingerprint density at radius 3 is 2.17 bits per heavy atom. The third kappa shape index (κ3) is 8.64. The zero-order valence-corrected chi connectivity index (χ0v) is 24.4. The second-order valence-electron chi connectivity index (χ2n) is 10.1. The van der Waals surface area contributed by atoms with Gasteiger partial charge in [-0.2, -0.15) is 0 Å². The lowest BCUT2D eigenvalue weighted by atomic mass is 10.0. The van der Waals surface area contributed by atoms with Crippen LogP contribution in [0.3, 0.4) is 0 Å². The first-order valence-electron chi connectivity index (χ1n) is 13.4. The number of hydrogen-bond donors (Lipinski definition) is 1. The Labute approximate surface area is 237 Å². The van der Waals surface area contributed by atoms with E-state index in [0.717, 1.165) is 40.1 Å². The van der Waals surface area contributed by atoms with Crippen molar-refractivity contribution in [1.29, 1.82) is 0 Å².